The minimum Gasteiger partial charge on any atom is -0.374 e. The summed E-state index contributed by atoms with van der Waals surface area (Å²) >= 11 is 0. The number of carbonyl (C=O) groups is 1. The van der Waals surface area contributed by atoms with E-state index in [1.54, 1.807) is 0 Å². The predicted molar refractivity (Wildman–Crippen MR) is 95.0 cm³/mol. The zero-order chi connectivity index (χ0) is 15.2. The lowest BCUT2D eigenvalue weighted by Gasteiger charge is -2.22. The highest BCUT2D eigenvalue weighted by Crippen LogP contribution is 2.22. The molecule has 1 aromatic rings. The van der Waals surface area contributed by atoms with Crippen molar-refractivity contribution in [2.75, 3.05) is 11.9 Å². The van der Waals surface area contributed by atoms with Crippen molar-refractivity contribution in [3.05, 3.63) is 29.8 Å². The molecule has 1 amide bonds. The molecule has 0 radical (unpaired) electrons. The average molecular weight is 339 g/mol. The Morgan fingerprint density at radius 3 is 2.74 bits per heavy atom. The third kappa shape index (κ3) is 5.48. The van der Waals surface area contributed by atoms with E-state index in [1.165, 1.54) is 32.1 Å². The van der Waals surface area contributed by atoms with Crippen molar-refractivity contribution in [1.82, 2.24) is 5.32 Å². The van der Waals surface area contributed by atoms with Crippen molar-refractivity contribution < 1.29 is 9.53 Å². The van der Waals surface area contributed by atoms with E-state index in [1.807, 2.05) is 18.2 Å². The third-order valence-corrected chi connectivity index (χ3v) is 4.61. The van der Waals surface area contributed by atoms with Crippen LogP contribution < -0.4 is 10.6 Å². The molecule has 0 spiro atoms. The van der Waals surface area contributed by atoms with Crippen molar-refractivity contribution >= 4 is 24.0 Å². The second-order valence-corrected chi connectivity index (χ2v) is 6.41. The van der Waals surface area contributed by atoms with Gasteiger partial charge in [-0.3, -0.25) is 4.79 Å². The van der Waals surface area contributed by atoms with Gasteiger partial charge in [0.05, 0.1) is 18.8 Å². The predicted octanol–water partition coefficient (Wildman–Crippen LogP) is 3.65. The van der Waals surface area contributed by atoms with Crippen LogP contribution in [-0.2, 0) is 16.1 Å². The number of rotatable bonds is 5. The fourth-order valence-electron chi connectivity index (χ4n) is 3.32. The Labute approximate surface area is 144 Å². The molecule has 128 valence electrons. The Kier molecular flexibility index (Phi) is 7.34. The van der Waals surface area contributed by atoms with E-state index >= 15 is 0 Å². The largest absolute Gasteiger partial charge is 0.374 e. The number of benzene rings is 1. The van der Waals surface area contributed by atoms with Crippen LogP contribution in [0, 0.1) is 0 Å². The van der Waals surface area contributed by atoms with Crippen molar-refractivity contribution in [3.8, 4) is 0 Å². The Balaban J connectivity index is 0.00000192. The van der Waals surface area contributed by atoms with Crippen molar-refractivity contribution in [3.63, 3.8) is 0 Å². The van der Waals surface area contributed by atoms with Crippen LogP contribution in [0.3, 0.4) is 0 Å². The number of carbonyl (C=O) groups excluding carboxylic acids is 1. The quantitative estimate of drug-likeness (QED) is 0.861. The van der Waals surface area contributed by atoms with E-state index in [9.17, 15) is 4.79 Å². The number of hydrogen-bond donors (Lipinski definition) is 2. The molecule has 1 atom stereocenters. The molecule has 2 N–H and O–H groups in total. The van der Waals surface area contributed by atoms with Crippen LogP contribution in [0.4, 0.5) is 5.69 Å². The van der Waals surface area contributed by atoms with Gasteiger partial charge in [-0.1, -0.05) is 31.4 Å². The van der Waals surface area contributed by atoms with Gasteiger partial charge in [0.1, 0.15) is 0 Å². The van der Waals surface area contributed by atoms with Crippen molar-refractivity contribution in [2.24, 2.45) is 0 Å². The van der Waals surface area contributed by atoms with Gasteiger partial charge in [0.2, 0.25) is 5.91 Å². The second kappa shape index (κ2) is 9.26. The molecule has 23 heavy (non-hydrogen) atoms. The molecule has 4 nitrogen and oxygen atoms in total. The fraction of sp³-hybridized carbons (Fsp3) is 0.611. The monoisotopic (exact) mass is 338 g/mol. The zero-order valence-electron chi connectivity index (χ0n) is 13.6. The van der Waals surface area contributed by atoms with Crippen molar-refractivity contribution in [2.45, 2.75) is 63.7 Å². The van der Waals surface area contributed by atoms with Gasteiger partial charge in [0, 0.05) is 5.69 Å². The van der Waals surface area contributed by atoms with Gasteiger partial charge in [-0.15, -0.1) is 12.4 Å². The first-order valence-corrected chi connectivity index (χ1v) is 8.56. The van der Waals surface area contributed by atoms with Crippen LogP contribution in [0.2, 0.25) is 0 Å². The van der Waals surface area contributed by atoms with E-state index in [-0.39, 0.29) is 24.4 Å². The van der Waals surface area contributed by atoms with E-state index in [4.69, 9.17) is 4.74 Å². The molecule has 1 heterocycles. The summed E-state index contributed by atoms with van der Waals surface area (Å²) in [4.78, 5) is 12.1. The summed E-state index contributed by atoms with van der Waals surface area (Å²) in [5.74, 6) is 0.0721. The first-order valence-electron chi connectivity index (χ1n) is 8.56. The van der Waals surface area contributed by atoms with Crippen LogP contribution >= 0.6 is 12.4 Å². The van der Waals surface area contributed by atoms with Gasteiger partial charge < -0.3 is 15.4 Å². The molecule has 2 aliphatic rings. The smallest absolute Gasteiger partial charge is 0.241 e. The van der Waals surface area contributed by atoms with E-state index in [0.717, 1.165) is 30.6 Å². The molecule has 2 fully saturated rings. The Morgan fingerprint density at radius 2 is 2.00 bits per heavy atom. The maximum absolute atomic E-state index is 12.1. The number of anilines is 1. The number of ether oxygens (including phenoxy) is 1. The molecule has 1 saturated carbocycles. The molecule has 3 rings (SSSR count). The first-order chi connectivity index (χ1) is 10.8. The molecule has 5 heteroatoms. The summed E-state index contributed by atoms with van der Waals surface area (Å²) in [7, 11) is 0. The van der Waals surface area contributed by atoms with E-state index in [2.05, 4.69) is 16.7 Å². The van der Waals surface area contributed by atoms with Gasteiger partial charge in [-0.2, -0.15) is 0 Å². The topological polar surface area (TPSA) is 50.4 Å². The molecule has 1 aromatic carbocycles. The van der Waals surface area contributed by atoms with Crippen LogP contribution in [-0.4, -0.2) is 24.6 Å². The summed E-state index contributed by atoms with van der Waals surface area (Å²) in [5.41, 5.74) is 1.99. The lowest BCUT2D eigenvalue weighted by molar-refractivity contribution is -0.117. The molecule has 1 saturated heterocycles. The van der Waals surface area contributed by atoms with Gasteiger partial charge >= 0.3 is 0 Å². The van der Waals surface area contributed by atoms with Crippen LogP contribution in [0.5, 0.6) is 0 Å². The number of nitrogens with one attached hydrogen (secondary N) is 2. The lowest BCUT2D eigenvalue weighted by Crippen LogP contribution is -2.35. The Bertz CT molecular complexity index is 498. The molecule has 1 aliphatic carbocycles. The van der Waals surface area contributed by atoms with Crippen LogP contribution in [0.15, 0.2) is 24.3 Å². The summed E-state index contributed by atoms with van der Waals surface area (Å²) in [5, 5.41) is 6.23. The molecule has 0 bridgehead atoms. The zero-order valence-corrected chi connectivity index (χ0v) is 14.4. The average Bonchev–Trinajstić information content (AvgIpc) is 3.09. The summed E-state index contributed by atoms with van der Waals surface area (Å²) in [6.07, 6.45) is 8.70. The van der Waals surface area contributed by atoms with Crippen LogP contribution in [0.25, 0.3) is 0 Å². The van der Waals surface area contributed by atoms with Gasteiger partial charge in [0.15, 0.2) is 0 Å². The molecular weight excluding hydrogens is 312 g/mol. The minimum absolute atomic E-state index is 0. The number of hydrogen-bond acceptors (Lipinski definition) is 3. The van der Waals surface area contributed by atoms with Crippen molar-refractivity contribution in [1.29, 1.82) is 0 Å². The molecule has 0 aromatic heterocycles. The SMILES string of the molecule is Cl.O=C(Nc1cccc(COC2CCCCC2)c1)C1CCCN1. The van der Waals surface area contributed by atoms with E-state index < -0.39 is 0 Å². The molecular formula is C18H27ClN2O2. The highest BCUT2D eigenvalue weighted by atomic mass is 35.5. The fourth-order valence-corrected chi connectivity index (χ4v) is 3.32. The molecule has 1 unspecified atom stereocenters. The summed E-state index contributed by atoms with van der Waals surface area (Å²) in [6, 6.07) is 7.97. The standard InChI is InChI=1S/C18H26N2O2.ClH/c21-18(17-10-5-11-19-17)20-15-7-4-6-14(12-15)13-22-16-8-2-1-3-9-16;/h4,6-7,12,16-17,19H,1-3,5,8-11,13H2,(H,20,21);1H. The summed E-state index contributed by atoms with van der Waals surface area (Å²) in [6.45, 7) is 1.57. The summed E-state index contributed by atoms with van der Waals surface area (Å²) < 4.78 is 6.00. The lowest BCUT2D eigenvalue weighted by atomic mass is 9.98. The minimum atomic E-state index is -0.0397. The number of halogens is 1. The highest BCUT2D eigenvalue weighted by molar-refractivity contribution is 5.95. The Morgan fingerprint density at radius 1 is 1.17 bits per heavy atom. The second-order valence-electron chi connectivity index (χ2n) is 6.41. The first kappa shape index (κ1) is 18.2. The van der Waals surface area contributed by atoms with Gasteiger partial charge in [0.25, 0.3) is 0 Å². The molecule has 1 aliphatic heterocycles. The maximum atomic E-state index is 12.1. The van der Waals surface area contributed by atoms with Gasteiger partial charge in [-0.05, 0) is 49.9 Å². The van der Waals surface area contributed by atoms with Crippen LogP contribution in [0.1, 0.15) is 50.5 Å². The normalized spacial score (nSPS) is 21.7. The maximum Gasteiger partial charge on any atom is 0.241 e. The van der Waals surface area contributed by atoms with E-state index in [0.29, 0.717) is 12.7 Å². The number of amides is 1. The van der Waals surface area contributed by atoms with Gasteiger partial charge in [-0.25, -0.2) is 0 Å². The Hall–Kier alpha value is -1.10. The highest BCUT2D eigenvalue weighted by Gasteiger charge is 2.21. The third-order valence-electron chi connectivity index (χ3n) is 4.61.